The standard InChI is InChI=1S/C36H40F2N2O6/c1-5-39(27-14-17-30(46-4)18-15-27)36(45)35-34(24-8-12-26(38)13-9-24)33(23-6-10-25(37)11-7-23)31(40(35)22(2)3)19-16-28(41)20-29(42)21-32(43)44/h6-15,17-18,22,28-29,41-42H,5,16,19-21H2,1-4H3,(H,43,44). The highest BCUT2D eigenvalue weighted by Crippen LogP contribution is 2.43. The molecule has 0 aliphatic rings. The molecule has 2 unspecified atom stereocenters. The number of carbonyl (C=O) groups is 2. The van der Waals surface area contributed by atoms with Gasteiger partial charge in [0.2, 0.25) is 0 Å². The summed E-state index contributed by atoms with van der Waals surface area (Å²) in [6.45, 7) is 6.06. The zero-order chi connectivity index (χ0) is 33.5. The summed E-state index contributed by atoms with van der Waals surface area (Å²) in [5.74, 6) is -1.73. The minimum absolute atomic E-state index is 0.141. The summed E-state index contributed by atoms with van der Waals surface area (Å²) < 4.78 is 35.5. The molecule has 0 bridgehead atoms. The number of carboxylic acid groups (broad SMARTS) is 1. The fourth-order valence-electron chi connectivity index (χ4n) is 5.84. The summed E-state index contributed by atoms with van der Waals surface area (Å²) in [6, 6.07) is 18.6. The number of aliphatic hydroxyl groups is 2. The quantitative estimate of drug-likeness (QED) is 0.140. The molecule has 0 fully saturated rings. The molecule has 0 aliphatic carbocycles. The molecule has 46 heavy (non-hydrogen) atoms. The van der Waals surface area contributed by atoms with Crippen molar-refractivity contribution >= 4 is 17.6 Å². The van der Waals surface area contributed by atoms with Crippen LogP contribution in [0.1, 0.15) is 62.3 Å². The molecule has 1 heterocycles. The zero-order valence-electron chi connectivity index (χ0n) is 26.4. The molecule has 0 saturated heterocycles. The highest BCUT2D eigenvalue weighted by atomic mass is 19.1. The number of aliphatic hydroxyl groups excluding tert-OH is 2. The predicted octanol–water partition coefficient (Wildman–Crippen LogP) is 6.88. The van der Waals surface area contributed by atoms with Gasteiger partial charge in [-0.1, -0.05) is 24.3 Å². The molecule has 4 aromatic rings. The summed E-state index contributed by atoms with van der Waals surface area (Å²) in [5.41, 5.74) is 4.03. The number of hydrogen-bond donors (Lipinski definition) is 3. The summed E-state index contributed by atoms with van der Waals surface area (Å²) in [6.07, 6.45) is -2.51. The van der Waals surface area contributed by atoms with Gasteiger partial charge in [-0.3, -0.25) is 9.59 Å². The fourth-order valence-corrected chi connectivity index (χ4v) is 5.84. The molecule has 2 atom stereocenters. The van der Waals surface area contributed by atoms with Crippen LogP contribution in [0.3, 0.4) is 0 Å². The molecule has 0 radical (unpaired) electrons. The highest BCUT2D eigenvalue weighted by Gasteiger charge is 2.33. The third kappa shape index (κ3) is 7.81. The van der Waals surface area contributed by atoms with E-state index in [1.165, 1.54) is 24.3 Å². The molecule has 1 aromatic heterocycles. The molecule has 0 aliphatic heterocycles. The van der Waals surface area contributed by atoms with Crippen LogP contribution in [-0.2, 0) is 11.2 Å². The second-order valence-corrected chi connectivity index (χ2v) is 11.5. The minimum Gasteiger partial charge on any atom is -0.497 e. The van der Waals surface area contributed by atoms with Crippen molar-refractivity contribution in [3.05, 3.63) is 95.8 Å². The number of aliphatic carboxylic acids is 1. The van der Waals surface area contributed by atoms with Crippen molar-refractivity contribution in [2.24, 2.45) is 0 Å². The van der Waals surface area contributed by atoms with Gasteiger partial charge in [0.25, 0.3) is 5.91 Å². The van der Waals surface area contributed by atoms with Crippen molar-refractivity contribution in [2.75, 3.05) is 18.6 Å². The Labute approximate surface area is 267 Å². The number of amides is 1. The number of hydrogen-bond acceptors (Lipinski definition) is 5. The molecule has 3 aromatic carbocycles. The van der Waals surface area contributed by atoms with Crippen LogP contribution < -0.4 is 9.64 Å². The van der Waals surface area contributed by atoms with E-state index in [1.54, 1.807) is 60.5 Å². The van der Waals surface area contributed by atoms with Gasteiger partial charge < -0.3 is 29.5 Å². The molecule has 1 amide bonds. The third-order valence-electron chi connectivity index (χ3n) is 7.91. The van der Waals surface area contributed by atoms with E-state index in [0.717, 1.165) is 0 Å². The SMILES string of the molecule is CCN(C(=O)c1c(-c2ccc(F)cc2)c(-c2ccc(F)cc2)c(CCC(O)CC(O)CC(=O)O)n1C(C)C)c1ccc(OC)cc1. The van der Waals surface area contributed by atoms with E-state index in [2.05, 4.69) is 0 Å². The van der Waals surface area contributed by atoms with Crippen molar-refractivity contribution in [1.29, 1.82) is 0 Å². The molecule has 4 rings (SSSR count). The second-order valence-electron chi connectivity index (χ2n) is 11.5. The predicted molar refractivity (Wildman–Crippen MR) is 173 cm³/mol. The van der Waals surface area contributed by atoms with Crippen LogP contribution in [0.15, 0.2) is 72.8 Å². The zero-order valence-corrected chi connectivity index (χ0v) is 26.4. The second kappa shape index (κ2) is 15.2. The van der Waals surface area contributed by atoms with Crippen molar-refractivity contribution in [3.63, 3.8) is 0 Å². The molecular weight excluding hydrogens is 594 g/mol. The van der Waals surface area contributed by atoms with Gasteiger partial charge in [0.05, 0.1) is 25.7 Å². The van der Waals surface area contributed by atoms with E-state index in [4.69, 9.17) is 9.84 Å². The Balaban J connectivity index is 1.96. The third-order valence-corrected chi connectivity index (χ3v) is 7.91. The first kappa shape index (κ1) is 34.3. The number of halogens is 2. The van der Waals surface area contributed by atoms with Crippen LogP contribution in [0.25, 0.3) is 22.3 Å². The number of carbonyl (C=O) groups excluding carboxylic acids is 1. The van der Waals surface area contributed by atoms with Gasteiger partial charge in [-0.05, 0) is 99.7 Å². The topological polar surface area (TPSA) is 112 Å². The molecule has 0 spiro atoms. The van der Waals surface area contributed by atoms with E-state index in [-0.39, 0.29) is 31.2 Å². The molecule has 3 N–H and O–H groups in total. The number of anilines is 1. The molecule has 244 valence electrons. The smallest absolute Gasteiger partial charge is 0.305 e. The Morgan fingerprint density at radius 2 is 1.39 bits per heavy atom. The monoisotopic (exact) mass is 634 g/mol. The number of methoxy groups -OCH3 is 1. The number of rotatable bonds is 14. The van der Waals surface area contributed by atoms with Crippen molar-refractivity contribution in [3.8, 4) is 28.0 Å². The van der Waals surface area contributed by atoms with Gasteiger partial charge in [0.15, 0.2) is 0 Å². The van der Waals surface area contributed by atoms with Gasteiger partial charge in [0.1, 0.15) is 23.1 Å². The lowest BCUT2D eigenvalue weighted by molar-refractivity contribution is -0.139. The Morgan fingerprint density at radius 1 is 0.848 bits per heavy atom. The largest absolute Gasteiger partial charge is 0.497 e. The molecular formula is C36H40F2N2O6. The van der Waals surface area contributed by atoms with Crippen LogP contribution in [0.4, 0.5) is 14.5 Å². The van der Waals surface area contributed by atoms with Crippen LogP contribution in [-0.4, -0.2) is 57.6 Å². The maximum Gasteiger partial charge on any atom is 0.305 e. The Morgan fingerprint density at radius 3 is 1.87 bits per heavy atom. The van der Waals surface area contributed by atoms with Crippen LogP contribution in [0, 0.1) is 11.6 Å². The van der Waals surface area contributed by atoms with Gasteiger partial charge >= 0.3 is 5.97 Å². The van der Waals surface area contributed by atoms with Gasteiger partial charge in [0, 0.05) is 35.1 Å². The summed E-state index contributed by atoms with van der Waals surface area (Å²) >= 11 is 0. The van der Waals surface area contributed by atoms with Crippen LogP contribution in [0.5, 0.6) is 5.75 Å². The van der Waals surface area contributed by atoms with Gasteiger partial charge in [-0.15, -0.1) is 0 Å². The first-order valence-corrected chi connectivity index (χ1v) is 15.3. The fraction of sp³-hybridized carbons (Fsp3) is 0.333. The highest BCUT2D eigenvalue weighted by molar-refractivity contribution is 6.12. The van der Waals surface area contributed by atoms with E-state index in [9.17, 15) is 28.6 Å². The minimum atomic E-state index is -1.23. The average molecular weight is 635 g/mol. The lowest BCUT2D eigenvalue weighted by Crippen LogP contribution is -2.33. The van der Waals surface area contributed by atoms with E-state index in [1.807, 2.05) is 25.3 Å². The van der Waals surface area contributed by atoms with Crippen molar-refractivity contribution in [2.45, 2.75) is 64.7 Å². The Bertz CT molecular complexity index is 1630. The summed E-state index contributed by atoms with van der Waals surface area (Å²) in [7, 11) is 1.56. The van der Waals surface area contributed by atoms with E-state index < -0.39 is 36.2 Å². The molecule has 8 nitrogen and oxygen atoms in total. The van der Waals surface area contributed by atoms with Crippen molar-refractivity contribution < 1.29 is 38.4 Å². The van der Waals surface area contributed by atoms with Crippen LogP contribution >= 0.6 is 0 Å². The number of ether oxygens (including phenoxy) is 1. The normalized spacial score (nSPS) is 12.6. The Kier molecular flexibility index (Phi) is 11.3. The van der Waals surface area contributed by atoms with Gasteiger partial charge in [-0.2, -0.15) is 0 Å². The van der Waals surface area contributed by atoms with Crippen LogP contribution in [0.2, 0.25) is 0 Å². The number of nitrogens with zero attached hydrogens (tertiary/aromatic N) is 2. The maximum atomic E-state index is 14.8. The number of aromatic nitrogens is 1. The molecule has 10 heteroatoms. The average Bonchev–Trinajstić information content (AvgIpc) is 3.36. The number of benzene rings is 3. The summed E-state index contributed by atoms with van der Waals surface area (Å²) in [4.78, 5) is 27.4. The maximum absolute atomic E-state index is 14.8. The summed E-state index contributed by atoms with van der Waals surface area (Å²) in [5, 5.41) is 30.0. The van der Waals surface area contributed by atoms with E-state index in [0.29, 0.717) is 51.6 Å². The lowest BCUT2D eigenvalue weighted by atomic mass is 9.92. The lowest BCUT2D eigenvalue weighted by Gasteiger charge is -2.25. The molecule has 0 saturated carbocycles. The number of carboxylic acids is 1. The van der Waals surface area contributed by atoms with Crippen molar-refractivity contribution in [1.82, 2.24) is 4.57 Å². The first-order valence-electron chi connectivity index (χ1n) is 15.3. The van der Waals surface area contributed by atoms with E-state index >= 15 is 0 Å². The first-order chi connectivity index (χ1) is 21.9. The van der Waals surface area contributed by atoms with Gasteiger partial charge in [-0.25, -0.2) is 8.78 Å². The Hall–Kier alpha value is -4.54.